The summed E-state index contributed by atoms with van der Waals surface area (Å²) in [5.74, 6) is 0. The van der Waals surface area contributed by atoms with Crippen LogP contribution in [0.1, 0.15) is 149 Å². The lowest BCUT2D eigenvalue weighted by molar-refractivity contribution is 0.165. The van der Waals surface area contributed by atoms with Crippen LogP contribution in [0.4, 0.5) is 0 Å². The van der Waals surface area contributed by atoms with Crippen LogP contribution in [0.25, 0.3) is 0 Å². The zero-order valence-corrected chi connectivity index (χ0v) is 21.2. The second-order valence-electron chi connectivity index (χ2n) is 9.77. The van der Waals surface area contributed by atoms with Crippen molar-refractivity contribution in [3.8, 4) is 0 Å². The van der Waals surface area contributed by atoms with E-state index >= 15 is 0 Å². The number of hydrogen-bond donors (Lipinski definition) is 0. The molecular formula is C28H56N2. The molecule has 0 fully saturated rings. The molecule has 178 valence electrons. The number of nitrogens with zero attached hydrogens (tertiary/aromatic N) is 2. The third-order valence-electron chi connectivity index (χ3n) is 6.95. The lowest BCUT2D eigenvalue weighted by Gasteiger charge is -2.30. The first-order valence-corrected chi connectivity index (χ1v) is 14.0. The zero-order valence-electron chi connectivity index (χ0n) is 21.2. The minimum Gasteiger partial charge on any atom is -0.356 e. The van der Waals surface area contributed by atoms with Crippen LogP contribution in [0.15, 0.2) is 12.4 Å². The number of rotatable bonds is 22. The molecule has 1 aliphatic heterocycles. The third kappa shape index (κ3) is 14.4. The fourth-order valence-electron chi connectivity index (χ4n) is 4.70. The largest absolute Gasteiger partial charge is 0.356 e. The molecule has 0 spiro atoms. The highest BCUT2D eigenvalue weighted by Crippen LogP contribution is 2.19. The fourth-order valence-corrected chi connectivity index (χ4v) is 4.70. The molecule has 0 radical (unpaired) electrons. The molecule has 2 heteroatoms. The van der Waals surface area contributed by atoms with Gasteiger partial charge in [0.25, 0.3) is 0 Å². The molecule has 0 saturated heterocycles. The Hall–Kier alpha value is -0.660. The Morgan fingerprint density at radius 2 is 0.700 bits per heavy atom. The first-order chi connectivity index (χ1) is 14.8. The molecule has 0 bridgehead atoms. The van der Waals surface area contributed by atoms with Crippen molar-refractivity contribution in [3.05, 3.63) is 12.4 Å². The van der Waals surface area contributed by atoms with E-state index in [1.807, 2.05) is 0 Å². The lowest BCUT2D eigenvalue weighted by atomic mass is 10.1. The van der Waals surface area contributed by atoms with Gasteiger partial charge in [0.15, 0.2) is 0 Å². The van der Waals surface area contributed by atoms with E-state index in [9.17, 15) is 0 Å². The third-order valence-corrected chi connectivity index (χ3v) is 6.95. The maximum absolute atomic E-state index is 2.56. The summed E-state index contributed by atoms with van der Waals surface area (Å²) >= 11 is 0. The Kier molecular flexibility index (Phi) is 18.5. The quantitative estimate of drug-likeness (QED) is 0.161. The average Bonchev–Trinajstić information content (AvgIpc) is 3.10. The normalized spacial score (nSPS) is 14.4. The minimum absolute atomic E-state index is 0.571. The van der Waals surface area contributed by atoms with Crippen molar-refractivity contribution in [1.29, 1.82) is 0 Å². The Morgan fingerprint density at radius 1 is 0.433 bits per heavy atom. The highest BCUT2D eigenvalue weighted by atomic mass is 15.4. The average molecular weight is 421 g/mol. The summed E-state index contributed by atoms with van der Waals surface area (Å²) in [5, 5.41) is 0. The van der Waals surface area contributed by atoms with E-state index < -0.39 is 0 Å². The van der Waals surface area contributed by atoms with Crippen LogP contribution in [-0.4, -0.2) is 29.1 Å². The Morgan fingerprint density at radius 3 is 1.00 bits per heavy atom. The molecule has 0 saturated carbocycles. The highest BCUT2D eigenvalue weighted by Gasteiger charge is 2.20. The summed E-state index contributed by atoms with van der Waals surface area (Å²) in [4.78, 5) is 5.11. The van der Waals surface area contributed by atoms with Crippen LogP contribution in [0.3, 0.4) is 0 Å². The molecule has 1 rings (SSSR count). The molecule has 2 nitrogen and oxygen atoms in total. The molecule has 0 atom stereocenters. The van der Waals surface area contributed by atoms with Crippen molar-refractivity contribution in [3.63, 3.8) is 0 Å². The van der Waals surface area contributed by atoms with Crippen LogP contribution < -0.4 is 0 Å². The maximum atomic E-state index is 2.56. The predicted molar refractivity (Wildman–Crippen MR) is 136 cm³/mol. The summed E-state index contributed by atoms with van der Waals surface area (Å²) in [6.45, 7) is 9.46. The van der Waals surface area contributed by atoms with Gasteiger partial charge in [0.1, 0.15) is 0 Å². The van der Waals surface area contributed by atoms with E-state index in [0.717, 1.165) is 0 Å². The van der Waals surface area contributed by atoms with Crippen molar-refractivity contribution in [2.24, 2.45) is 0 Å². The van der Waals surface area contributed by atoms with Gasteiger partial charge < -0.3 is 9.80 Å². The molecular weight excluding hydrogens is 364 g/mol. The summed E-state index contributed by atoms with van der Waals surface area (Å²) in [5.41, 5.74) is 0. The van der Waals surface area contributed by atoms with E-state index in [4.69, 9.17) is 0 Å². The van der Waals surface area contributed by atoms with E-state index in [-0.39, 0.29) is 0 Å². The van der Waals surface area contributed by atoms with Crippen LogP contribution in [-0.2, 0) is 0 Å². The van der Waals surface area contributed by atoms with Gasteiger partial charge in [0, 0.05) is 25.5 Å². The van der Waals surface area contributed by atoms with Crippen LogP contribution >= 0.6 is 0 Å². The molecule has 0 unspecified atom stereocenters. The van der Waals surface area contributed by atoms with Gasteiger partial charge in [0.2, 0.25) is 0 Å². The molecule has 0 amide bonds. The lowest BCUT2D eigenvalue weighted by Crippen LogP contribution is -2.36. The van der Waals surface area contributed by atoms with E-state index in [1.165, 1.54) is 142 Å². The monoisotopic (exact) mass is 420 g/mol. The van der Waals surface area contributed by atoms with Gasteiger partial charge in [-0.1, -0.05) is 129 Å². The molecule has 1 aliphatic rings. The maximum Gasteiger partial charge on any atom is 0.0977 e. The Bertz CT molecular complexity index is 345. The molecule has 0 N–H and O–H groups in total. The molecule has 30 heavy (non-hydrogen) atoms. The number of hydrogen-bond acceptors (Lipinski definition) is 2. The van der Waals surface area contributed by atoms with Gasteiger partial charge in [-0.3, -0.25) is 0 Å². The Labute approximate surface area is 190 Å². The molecule has 0 aromatic heterocycles. The summed E-state index contributed by atoms with van der Waals surface area (Å²) in [6.07, 6.45) is 33.8. The smallest absolute Gasteiger partial charge is 0.0977 e. The molecule has 1 heterocycles. The second-order valence-corrected chi connectivity index (χ2v) is 9.77. The fraction of sp³-hybridized carbons (Fsp3) is 0.929. The topological polar surface area (TPSA) is 6.48 Å². The van der Waals surface area contributed by atoms with Crippen LogP contribution in [0.5, 0.6) is 0 Å². The SMILES string of the molecule is CCCCCCCCCCCCN1C=CN(CCCCCCCCCCCC)C1C. The number of unbranched alkanes of at least 4 members (excludes halogenated alkanes) is 18. The van der Waals surface area contributed by atoms with Crippen molar-refractivity contribution < 1.29 is 0 Å². The van der Waals surface area contributed by atoms with Crippen LogP contribution in [0, 0.1) is 0 Å². The molecule has 0 aromatic rings. The van der Waals surface area contributed by atoms with Crippen molar-refractivity contribution in [2.45, 2.75) is 155 Å². The van der Waals surface area contributed by atoms with Crippen molar-refractivity contribution in [1.82, 2.24) is 9.80 Å². The van der Waals surface area contributed by atoms with Gasteiger partial charge in [-0.15, -0.1) is 0 Å². The summed E-state index contributed by atoms with van der Waals surface area (Å²) < 4.78 is 0. The van der Waals surface area contributed by atoms with Gasteiger partial charge in [-0.2, -0.15) is 0 Å². The van der Waals surface area contributed by atoms with Gasteiger partial charge in [-0.25, -0.2) is 0 Å². The highest BCUT2D eigenvalue weighted by molar-refractivity contribution is 4.95. The van der Waals surface area contributed by atoms with Crippen molar-refractivity contribution in [2.75, 3.05) is 13.1 Å². The first kappa shape index (κ1) is 27.4. The van der Waals surface area contributed by atoms with E-state index in [2.05, 4.69) is 43.0 Å². The summed E-state index contributed by atoms with van der Waals surface area (Å²) in [7, 11) is 0. The van der Waals surface area contributed by atoms with Gasteiger partial charge >= 0.3 is 0 Å². The predicted octanol–water partition coefficient (Wildman–Crippen LogP) is 9.26. The van der Waals surface area contributed by atoms with Crippen LogP contribution in [0.2, 0.25) is 0 Å². The van der Waals surface area contributed by atoms with E-state index in [1.54, 1.807) is 0 Å². The first-order valence-electron chi connectivity index (χ1n) is 14.0. The molecule has 0 aromatic carbocycles. The van der Waals surface area contributed by atoms with Gasteiger partial charge in [-0.05, 0) is 19.8 Å². The minimum atomic E-state index is 0.571. The molecule has 0 aliphatic carbocycles. The van der Waals surface area contributed by atoms with Crippen molar-refractivity contribution >= 4 is 0 Å². The zero-order chi connectivity index (χ0) is 21.7. The van der Waals surface area contributed by atoms with Gasteiger partial charge in [0.05, 0.1) is 6.17 Å². The second kappa shape index (κ2) is 20.3. The standard InChI is InChI=1S/C28H56N2/c1-4-6-8-10-12-14-16-18-20-22-24-29-26-27-30(28(29)3)25-23-21-19-17-15-13-11-9-7-5-2/h26-28H,4-25H2,1-3H3. The summed E-state index contributed by atoms with van der Waals surface area (Å²) in [6, 6.07) is 0. The Balaban J connectivity index is 1.89. The van der Waals surface area contributed by atoms with E-state index in [0.29, 0.717) is 6.17 Å².